The molecule has 1 fully saturated rings. The molecule has 0 unspecified atom stereocenters. The van der Waals surface area contributed by atoms with E-state index in [0.717, 1.165) is 28.6 Å². The Morgan fingerprint density at radius 3 is 2.74 bits per heavy atom. The van der Waals surface area contributed by atoms with Crippen LogP contribution in [0.2, 0.25) is 5.02 Å². The van der Waals surface area contributed by atoms with Gasteiger partial charge in [-0.3, -0.25) is 4.79 Å². The van der Waals surface area contributed by atoms with Crippen molar-refractivity contribution in [2.75, 3.05) is 26.2 Å². The minimum atomic E-state index is -0.322. The third-order valence-electron chi connectivity index (χ3n) is 6.04. The number of halogens is 1. The number of carbonyl (C=O) groups is 2. The molecule has 3 aromatic rings. The second-order valence-electron chi connectivity index (χ2n) is 8.53. The number of nitrogens with two attached hydrogens (primary N) is 1. The molecule has 2 heterocycles. The van der Waals surface area contributed by atoms with Crippen molar-refractivity contribution in [2.45, 2.75) is 32.9 Å². The third kappa shape index (κ3) is 5.00. The van der Waals surface area contributed by atoms with Crippen molar-refractivity contribution in [1.82, 2.24) is 14.8 Å². The van der Waals surface area contributed by atoms with Gasteiger partial charge in [-0.05, 0) is 43.2 Å². The number of ether oxygens (including phenoxy) is 1. The van der Waals surface area contributed by atoms with Crippen molar-refractivity contribution in [2.24, 2.45) is 5.73 Å². The molecule has 0 spiro atoms. The SMILES string of the molecule is CCCOC(=O)N1CCN(C(=O)c2ccc3c(Cl)cc(-c4cccc(CN)c4)nc3c2)C[C@@H]1C. The molecule has 2 N–H and O–H groups in total. The lowest BCUT2D eigenvalue weighted by atomic mass is 10.0. The molecule has 0 aliphatic carbocycles. The molecular weight excluding hydrogens is 452 g/mol. The fourth-order valence-electron chi connectivity index (χ4n) is 4.19. The molecule has 1 saturated heterocycles. The zero-order chi connectivity index (χ0) is 24.2. The monoisotopic (exact) mass is 480 g/mol. The lowest BCUT2D eigenvalue weighted by Gasteiger charge is -2.39. The summed E-state index contributed by atoms with van der Waals surface area (Å²) in [6.07, 6.45) is 0.455. The van der Waals surface area contributed by atoms with Crippen molar-refractivity contribution in [3.05, 3.63) is 64.7 Å². The summed E-state index contributed by atoms with van der Waals surface area (Å²) in [6.45, 7) is 6.05. The van der Waals surface area contributed by atoms with E-state index in [9.17, 15) is 9.59 Å². The maximum Gasteiger partial charge on any atom is 0.410 e. The van der Waals surface area contributed by atoms with Crippen LogP contribution >= 0.6 is 11.6 Å². The first-order chi connectivity index (χ1) is 16.4. The van der Waals surface area contributed by atoms with E-state index in [-0.39, 0.29) is 18.0 Å². The van der Waals surface area contributed by atoms with Crippen LogP contribution in [-0.2, 0) is 11.3 Å². The fraction of sp³-hybridized carbons (Fsp3) is 0.346. The number of pyridine rings is 1. The highest BCUT2D eigenvalue weighted by Gasteiger charge is 2.31. The van der Waals surface area contributed by atoms with Gasteiger partial charge in [0.2, 0.25) is 0 Å². The molecule has 0 radical (unpaired) electrons. The number of hydrogen-bond acceptors (Lipinski definition) is 5. The first-order valence-electron chi connectivity index (χ1n) is 11.5. The number of hydrogen-bond donors (Lipinski definition) is 1. The topological polar surface area (TPSA) is 88.8 Å². The van der Waals surface area contributed by atoms with Gasteiger partial charge in [0.1, 0.15) is 0 Å². The largest absolute Gasteiger partial charge is 0.449 e. The van der Waals surface area contributed by atoms with E-state index in [4.69, 9.17) is 27.1 Å². The molecular formula is C26H29ClN4O3. The molecule has 4 rings (SSSR count). The van der Waals surface area contributed by atoms with Crippen LogP contribution in [0.15, 0.2) is 48.5 Å². The maximum atomic E-state index is 13.3. The third-order valence-corrected chi connectivity index (χ3v) is 6.36. The quantitative estimate of drug-likeness (QED) is 0.571. The first-order valence-corrected chi connectivity index (χ1v) is 11.9. The van der Waals surface area contributed by atoms with E-state index >= 15 is 0 Å². The second-order valence-corrected chi connectivity index (χ2v) is 8.94. The Morgan fingerprint density at radius 2 is 2.00 bits per heavy atom. The van der Waals surface area contributed by atoms with Crippen LogP contribution in [0.1, 0.15) is 36.2 Å². The molecule has 178 valence electrons. The molecule has 1 aromatic heterocycles. The zero-order valence-corrected chi connectivity index (χ0v) is 20.2. The average Bonchev–Trinajstić information content (AvgIpc) is 2.86. The maximum absolute atomic E-state index is 13.3. The van der Waals surface area contributed by atoms with Gasteiger partial charge in [0.05, 0.1) is 22.8 Å². The van der Waals surface area contributed by atoms with Gasteiger partial charge in [-0.1, -0.05) is 42.8 Å². The number of fused-ring (bicyclic) bond motifs is 1. The van der Waals surface area contributed by atoms with Crippen molar-refractivity contribution in [3.8, 4) is 11.3 Å². The number of carbonyl (C=O) groups excluding carboxylic acids is 2. The zero-order valence-electron chi connectivity index (χ0n) is 19.5. The number of benzene rings is 2. The van der Waals surface area contributed by atoms with E-state index in [2.05, 4.69) is 0 Å². The van der Waals surface area contributed by atoms with Gasteiger partial charge >= 0.3 is 6.09 Å². The lowest BCUT2D eigenvalue weighted by molar-refractivity contribution is 0.0412. The standard InChI is InChI=1S/C26H29ClN4O3/c1-3-11-34-26(33)31-10-9-30(16-17(31)2)25(32)20-7-8-21-22(27)14-23(29-24(21)13-20)19-6-4-5-18(12-19)15-28/h4-8,12-14,17H,3,9-11,15-16,28H2,1-2H3/t17-/m0/s1. The van der Waals surface area contributed by atoms with E-state index in [1.165, 1.54) is 0 Å². The molecule has 7 nitrogen and oxygen atoms in total. The Labute approximate surface area is 204 Å². The van der Waals surface area contributed by atoms with Crippen LogP contribution in [0.5, 0.6) is 0 Å². The van der Waals surface area contributed by atoms with Crippen molar-refractivity contribution < 1.29 is 14.3 Å². The Morgan fingerprint density at radius 1 is 1.18 bits per heavy atom. The first kappa shape index (κ1) is 24.0. The summed E-state index contributed by atoms with van der Waals surface area (Å²) < 4.78 is 5.26. The molecule has 8 heteroatoms. The molecule has 0 bridgehead atoms. The highest BCUT2D eigenvalue weighted by atomic mass is 35.5. The van der Waals surface area contributed by atoms with Gasteiger partial charge < -0.3 is 20.3 Å². The molecule has 1 atom stereocenters. The predicted molar refractivity (Wildman–Crippen MR) is 134 cm³/mol. The van der Waals surface area contributed by atoms with Crippen molar-refractivity contribution in [3.63, 3.8) is 0 Å². The van der Waals surface area contributed by atoms with Crippen LogP contribution in [-0.4, -0.2) is 59.1 Å². The molecule has 0 saturated carbocycles. The van der Waals surface area contributed by atoms with Crippen LogP contribution < -0.4 is 5.73 Å². The minimum Gasteiger partial charge on any atom is -0.449 e. The van der Waals surface area contributed by atoms with Gasteiger partial charge in [-0.2, -0.15) is 0 Å². The summed E-state index contributed by atoms with van der Waals surface area (Å²) in [5, 5.41) is 1.36. The average molecular weight is 481 g/mol. The van der Waals surface area contributed by atoms with E-state index in [1.807, 2.05) is 50.2 Å². The van der Waals surface area contributed by atoms with Crippen molar-refractivity contribution in [1.29, 1.82) is 0 Å². The predicted octanol–water partition coefficient (Wildman–Crippen LogP) is 4.71. The Hall–Kier alpha value is -3.16. The van der Waals surface area contributed by atoms with Crippen molar-refractivity contribution >= 4 is 34.5 Å². The highest BCUT2D eigenvalue weighted by molar-refractivity contribution is 6.35. The Bertz CT molecular complexity index is 1220. The lowest BCUT2D eigenvalue weighted by Crippen LogP contribution is -2.55. The van der Waals surface area contributed by atoms with Gasteiger partial charge in [-0.15, -0.1) is 0 Å². The normalized spacial score (nSPS) is 16.1. The minimum absolute atomic E-state index is 0.0937. The summed E-state index contributed by atoms with van der Waals surface area (Å²) in [7, 11) is 0. The summed E-state index contributed by atoms with van der Waals surface area (Å²) in [5.74, 6) is -0.0937. The van der Waals surface area contributed by atoms with E-state index in [0.29, 0.717) is 48.9 Å². The smallest absolute Gasteiger partial charge is 0.410 e. The van der Waals surface area contributed by atoms with Gasteiger partial charge in [0, 0.05) is 48.7 Å². The number of aromatic nitrogens is 1. The van der Waals surface area contributed by atoms with Crippen LogP contribution in [0, 0.1) is 0 Å². The van der Waals surface area contributed by atoms with Gasteiger partial charge in [-0.25, -0.2) is 9.78 Å². The van der Waals surface area contributed by atoms with Crippen LogP contribution in [0.3, 0.4) is 0 Å². The Kier molecular flexibility index (Phi) is 7.34. The second kappa shape index (κ2) is 10.4. The van der Waals surface area contributed by atoms with Gasteiger partial charge in [0.25, 0.3) is 5.91 Å². The fourth-order valence-corrected chi connectivity index (χ4v) is 4.46. The molecule has 1 aliphatic heterocycles. The summed E-state index contributed by atoms with van der Waals surface area (Å²) >= 11 is 6.56. The molecule has 34 heavy (non-hydrogen) atoms. The number of nitrogens with zero attached hydrogens (tertiary/aromatic N) is 3. The molecule has 1 aliphatic rings. The molecule has 2 amide bonds. The van der Waals surface area contributed by atoms with E-state index < -0.39 is 0 Å². The number of rotatable bonds is 5. The number of piperazine rings is 1. The molecule has 2 aromatic carbocycles. The number of amides is 2. The van der Waals surface area contributed by atoms with Crippen LogP contribution in [0.4, 0.5) is 4.79 Å². The summed E-state index contributed by atoms with van der Waals surface area (Å²) in [4.78, 5) is 33.8. The highest BCUT2D eigenvalue weighted by Crippen LogP contribution is 2.29. The Balaban J connectivity index is 1.56. The van der Waals surface area contributed by atoms with Crippen LogP contribution in [0.25, 0.3) is 22.2 Å². The summed E-state index contributed by atoms with van der Waals surface area (Å²) in [6, 6.07) is 15.0. The van der Waals surface area contributed by atoms with E-state index in [1.54, 1.807) is 21.9 Å². The summed E-state index contributed by atoms with van der Waals surface area (Å²) in [5.41, 5.74) is 9.63. The van der Waals surface area contributed by atoms with Gasteiger partial charge in [0.15, 0.2) is 0 Å².